The monoisotopic (exact) mass is 515 g/mol. The summed E-state index contributed by atoms with van der Waals surface area (Å²) in [6, 6.07) is 23.1. The van der Waals surface area contributed by atoms with Gasteiger partial charge in [0.15, 0.2) is 12.1 Å². The highest BCUT2D eigenvalue weighted by Gasteiger charge is 2.47. The quantitative estimate of drug-likeness (QED) is 0.408. The summed E-state index contributed by atoms with van der Waals surface area (Å²) in [7, 11) is 1.58. The molecule has 3 amide bonds. The summed E-state index contributed by atoms with van der Waals surface area (Å²) in [5.41, 5.74) is 3.02. The molecule has 8 nitrogen and oxygen atoms in total. The summed E-state index contributed by atoms with van der Waals surface area (Å²) >= 11 is 0. The normalized spacial score (nSPS) is 16.7. The molecule has 1 fully saturated rings. The fourth-order valence-corrected chi connectivity index (χ4v) is 4.33. The lowest BCUT2D eigenvalue weighted by molar-refractivity contribution is -0.126. The summed E-state index contributed by atoms with van der Waals surface area (Å²) in [4.78, 5) is 40.2. The average Bonchev–Trinajstić information content (AvgIpc) is 3.24. The Labute approximate surface area is 222 Å². The second-order valence-electron chi connectivity index (χ2n) is 9.70. The van der Waals surface area contributed by atoms with Crippen LogP contribution in [0.15, 0.2) is 78.9 Å². The van der Waals surface area contributed by atoms with Gasteiger partial charge in [0, 0.05) is 12.2 Å². The van der Waals surface area contributed by atoms with Gasteiger partial charge in [-0.05, 0) is 46.9 Å². The van der Waals surface area contributed by atoms with Crippen molar-refractivity contribution in [1.82, 2.24) is 10.2 Å². The zero-order valence-corrected chi connectivity index (χ0v) is 21.8. The third kappa shape index (κ3) is 6.70. The molecule has 0 aromatic heterocycles. The van der Waals surface area contributed by atoms with E-state index in [0.29, 0.717) is 23.5 Å². The number of cyclic esters (lactones) is 1. The van der Waals surface area contributed by atoms with E-state index in [-0.39, 0.29) is 30.7 Å². The minimum atomic E-state index is -0.856. The minimum Gasteiger partial charge on any atom is -0.497 e. The molecule has 1 heterocycles. The maximum atomic E-state index is 13.3. The number of amides is 3. The van der Waals surface area contributed by atoms with Gasteiger partial charge in [0.1, 0.15) is 5.75 Å². The van der Waals surface area contributed by atoms with Crippen molar-refractivity contribution in [2.24, 2.45) is 5.92 Å². The highest BCUT2D eigenvalue weighted by atomic mass is 16.6. The van der Waals surface area contributed by atoms with E-state index in [1.54, 1.807) is 31.4 Å². The molecule has 1 aliphatic rings. The minimum absolute atomic E-state index is 0.133. The van der Waals surface area contributed by atoms with Gasteiger partial charge in [0.25, 0.3) is 0 Å². The van der Waals surface area contributed by atoms with Crippen LogP contribution in [-0.2, 0) is 27.3 Å². The SMILES string of the molecule is COc1cccc(CN2C(=O)OC(c3ccc(NC(=O)Cc4ccccc4)cc3)C2C(=O)NCC(C)C)c1. The van der Waals surface area contributed by atoms with Gasteiger partial charge >= 0.3 is 6.09 Å². The second kappa shape index (κ2) is 12.3. The van der Waals surface area contributed by atoms with Crippen molar-refractivity contribution in [2.45, 2.75) is 39.0 Å². The smallest absolute Gasteiger partial charge is 0.411 e. The zero-order chi connectivity index (χ0) is 27.1. The van der Waals surface area contributed by atoms with E-state index in [0.717, 1.165) is 11.1 Å². The van der Waals surface area contributed by atoms with Gasteiger partial charge in [0.05, 0.1) is 20.1 Å². The highest BCUT2D eigenvalue weighted by Crippen LogP contribution is 2.35. The number of hydrogen-bond acceptors (Lipinski definition) is 5. The van der Waals surface area contributed by atoms with Crippen molar-refractivity contribution in [2.75, 3.05) is 19.0 Å². The van der Waals surface area contributed by atoms with Crippen LogP contribution in [0.1, 0.15) is 36.6 Å². The van der Waals surface area contributed by atoms with Crippen LogP contribution in [0.3, 0.4) is 0 Å². The first kappa shape index (κ1) is 26.7. The molecule has 0 radical (unpaired) electrons. The average molecular weight is 516 g/mol. The predicted octanol–water partition coefficient (Wildman–Crippen LogP) is 4.71. The number of ether oxygens (including phenoxy) is 2. The molecular weight excluding hydrogens is 482 g/mol. The molecule has 3 aromatic rings. The maximum absolute atomic E-state index is 13.3. The molecule has 0 bridgehead atoms. The molecule has 38 heavy (non-hydrogen) atoms. The summed E-state index contributed by atoms with van der Waals surface area (Å²) in [5, 5.41) is 5.84. The molecule has 3 aromatic carbocycles. The zero-order valence-electron chi connectivity index (χ0n) is 21.8. The van der Waals surface area contributed by atoms with Gasteiger partial charge in [-0.1, -0.05) is 68.4 Å². The Morgan fingerprint density at radius 3 is 2.37 bits per heavy atom. The van der Waals surface area contributed by atoms with E-state index in [4.69, 9.17) is 9.47 Å². The third-order valence-corrected chi connectivity index (χ3v) is 6.26. The Morgan fingerprint density at radius 1 is 0.974 bits per heavy atom. The van der Waals surface area contributed by atoms with Crippen molar-refractivity contribution in [1.29, 1.82) is 0 Å². The van der Waals surface area contributed by atoms with E-state index in [2.05, 4.69) is 10.6 Å². The Bertz CT molecular complexity index is 1260. The number of methoxy groups -OCH3 is 1. The molecule has 2 atom stereocenters. The van der Waals surface area contributed by atoms with Crippen LogP contribution in [0.25, 0.3) is 0 Å². The lowest BCUT2D eigenvalue weighted by Gasteiger charge is -2.25. The number of nitrogens with one attached hydrogen (secondary N) is 2. The number of hydrogen-bond donors (Lipinski definition) is 2. The van der Waals surface area contributed by atoms with Crippen LogP contribution in [0.2, 0.25) is 0 Å². The topological polar surface area (TPSA) is 97.0 Å². The van der Waals surface area contributed by atoms with Gasteiger partial charge in [0.2, 0.25) is 11.8 Å². The lowest BCUT2D eigenvalue weighted by atomic mass is 10.00. The molecule has 4 rings (SSSR count). The Hall–Kier alpha value is -4.33. The fraction of sp³-hybridized carbons (Fsp3) is 0.300. The maximum Gasteiger partial charge on any atom is 0.411 e. The van der Waals surface area contributed by atoms with Crippen molar-refractivity contribution in [3.8, 4) is 5.75 Å². The summed E-state index contributed by atoms with van der Waals surface area (Å²) in [6.07, 6.45) is -1.10. The molecule has 0 saturated carbocycles. The molecule has 8 heteroatoms. The second-order valence-corrected chi connectivity index (χ2v) is 9.70. The first-order valence-electron chi connectivity index (χ1n) is 12.7. The Kier molecular flexibility index (Phi) is 8.63. The lowest BCUT2D eigenvalue weighted by Crippen LogP contribution is -2.47. The first-order valence-corrected chi connectivity index (χ1v) is 12.7. The molecule has 2 unspecified atom stereocenters. The van der Waals surface area contributed by atoms with Gasteiger partial charge in [-0.3, -0.25) is 14.5 Å². The molecular formula is C30H33N3O5. The van der Waals surface area contributed by atoms with Gasteiger partial charge in [-0.25, -0.2) is 4.79 Å². The number of benzene rings is 3. The molecule has 198 valence electrons. The Morgan fingerprint density at radius 2 is 1.68 bits per heavy atom. The van der Waals surface area contributed by atoms with Crippen molar-refractivity contribution in [3.63, 3.8) is 0 Å². The van der Waals surface area contributed by atoms with E-state index >= 15 is 0 Å². The van der Waals surface area contributed by atoms with Gasteiger partial charge in [-0.2, -0.15) is 0 Å². The molecule has 2 N–H and O–H groups in total. The largest absolute Gasteiger partial charge is 0.497 e. The first-order chi connectivity index (χ1) is 18.3. The van der Waals surface area contributed by atoms with E-state index in [1.807, 2.05) is 68.4 Å². The number of anilines is 1. The number of carbonyl (C=O) groups is 3. The fourth-order valence-electron chi connectivity index (χ4n) is 4.33. The van der Waals surface area contributed by atoms with Crippen LogP contribution < -0.4 is 15.4 Å². The van der Waals surface area contributed by atoms with Crippen LogP contribution in [-0.4, -0.2) is 42.5 Å². The standard InChI is InChI=1S/C30H33N3O5/c1-20(2)18-31-29(35)27-28(38-30(36)33(27)19-22-10-7-11-25(16-22)37-3)23-12-14-24(15-13-23)32-26(34)17-21-8-5-4-6-9-21/h4-16,20,27-28H,17-19H2,1-3H3,(H,31,35)(H,32,34). The molecule has 1 saturated heterocycles. The van der Waals surface area contributed by atoms with Crippen molar-refractivity contribution >= 4 is 23.6 Å². The van der Waals surface area contributed by atoms with Gasteiger partial charge in [-0.15, -0.1) is 0 Å². The number of rotatable bonds is 10. The van der Waals surface area contributed by atoms with E-state index < -0.39 is 18.2 Å². The van der Waals surface area contributed by atoms with Crippen LogP contribution in [0.5, 0.6) is 5.75 Å². The summed E-state index contributed by atoms with van der Waals surface area (Å²) in [5.74, 6) is 0.502. The number of carbonyl (C=O) groups excluding carboxylic acids is 3. The van der Waals surface area contributed by atoms with Crippen molar-refractivity contribution in [3.05, 3.63) is 95.6 Å². The predicted molar refractivity (Wildman–Crippen MR) is 145 cm³/mol. The van der Waals surface area contributed by atoms with Crippen molar-refractivity contribution < 1.29 is 23.9 Å². The molecule has 1 aliphatic heterocycles. The molecule has 0 aliphatic carbocycles. The highest BCUT2D eigenvalue weighted by molar-refractivity contribution is 5.92. The Balaban J connectivity index is 1.52. The summed E-state index contributed by atoms with van der Waals surface area (Å²) < 4.78 is 11.0. The number of nitrogens with zero attached hydrogens (tertiary/aromatic N) is 1. The van der Waals surface area contributed by atoms with Crippen LogP contribution >= 0.6 is 0 Å². The van der Waals surface area contributed by atoms with E-state index in [9.17, 15) is 14.4 Å². The van der Waals surface area contributed by atoms with E-state index in [1.165, 1.54) is 4.90 Å². The molecule has 0 spiro atoms. The van der Waals surface area contributed by atoms with Crippen LogP contribution in [0, 0.1) is 5.92 Å². The third-order valence-electron chi connectivity index (χ3n) is 6.26. The van der Waals surface area contributed by atoms with Gasteiger partial charge < -0.3 is 20.1 Å². The summed E-state index contributed by atoms with van der Waals surface area (Å²) in [6.45, 7) is 4.69. The van der Waals surface area contributed by atoms with Crippen LogP contribution in [0.4, 0.5) is 10.5 Å².